The summed E-state index contributed by atoms with van der Waals surface area (Å²) in [5.41, 5.74) is 1.94. The maximum atomic E-state index is 13.6. The highest BCUT2D eigenvalue weighted by atomic mass is 35.5. The second-order valence-electron chi connectivity index (χ2n) is 5.02. The third-order valence-electron chi connectivity index (χ3n) is 3.55. The van der Waals surface area contributed by atoms with Gasteiger partial charge >= 0.3 is 0 Å². The van der Waals surface area contributed by atoms with Crippen LogP contribution < -0.4 is 10.2 Å². The zero-order chi connectivity index (χ0) is 16.6. The Balaban J connectivity index is 2.26. The fraction of sp³-hybridized carbons (Fsp3) is 0.188. The number of hydrogen-bond acceptors (Lipinski definition) is 2. The van der Waals surface area contributed by atoms with E-state index in [1.54, 1.807) is 25.2 Å². The van der Waals surface area contributed by atoms with Crippen LogP contribution in [0, 0.1) is 5.82 Å². The Labute approximate surface area is 136 Å². The fourth-order valence-corrected chi connectivity index (χ4v) is 2.78. The molecule has 120 valence electrons. The van der Waals surface area contributed by atoms with Gasteiger partial charge in [0.25, 0.3) is 6.43 Å². The van der Waals surface area contributed by atoms with Gasteiger partial charge in [0.2, 0.25) is 0 Å². The fourth-order valence-electron chi connectivity index (χ4n) is 2.61. The summed E-state index contributed by atoms with van der Waals surface area (Å²) in [6, 6.07) is 8.89. The lowest BCUT2D eigenvalue weighted by Gasteiger charge is -2.25. The molecule has 1 N–H and O–H groups in total. The average molecular weight is 340 g/mol. The number of anilines is 3. The Hall–Kier alpha value is -2.21. The molecular formula is C16H13ClF3N3. The van der Waals surface area contributed by atoms with Gasteiger partial charge in [0, 0.05) is 17.6 Å². The zero-order valence-electron chi connectivity index (χ0n) is 12.2. The van der Waals surface area contributed by atoms with E-state index in [9.17, 15) is 13.2 Å². The van der Waals surface area contributed by atoms with Gasteiger partial charge in [-0.25, -0.2) is 13.2 Å². The molecule has 0 saturated carbocycles. The molecule has 0 amide bonds. The smallest absolute Gasteiger partial charge is 0.256 e. The quantitative estimate of drug-likeness (QED) is 0.860. The molecule has 0 saturated heterocycles. The van der Waals surface area contributed by atoms with E-state index in [2.05, 4.69) is 10.3 Å². The molecule has 1 aliphatic heterocycles. The molecule has 7 heteroatoms. The largest absolute Gasteiger partial charge is 0.338 e. The predicted octanol–water partition coefficient (Wildman–Crippen LogP) is 4.68. The van der Waals surface area contributed by atoms with Crippen molar-refractivity contribution in [3.05, 3.63) is 52.8 Å². The average Bonchev–Trinajstić information content (AvgIpc) is 2.61. The number of alkyl halides is 2. The van der Waals surface area contributed by atoms with E-state index in [4.69, 9.17) is 11.6 Å². The molecule has 0 aromatic heterocycles. The molecular weight excluding hydrogens is 327 g/mol. The van der Waals surface area contributed by atoms with Crippen molar-refractivity contribution in [3.8, 4) is 0 Å². The van der Waals surface area contributed by atoms with Crippen molar-refractivity contribution in [2.75, 3.05) is 23.8 Å². The molecule has 0 unspecified atom stereocenters. The van der Waals surface area contributed by atoms with Gasteiger partial charge in [0.1, 0.15) is 11.7 Å². The van der Waals surface area contributed by atoms with Gasteiger partial charge in [-0.1, -0.05) is 11.6 Å². The number of fused-ring (bicyclic) bond motifs is 2. The Morgan fingerprint density at radius 3 is 2.61 bits per heavy atom. The topological polar surface area (TPSA) is 27.6 Å². The Bertz CT molecular complexity index is 777. The first-order chi connectivity index (χ1) is 11.0. The predicted molar refractivity (Wildman–Crippen MR) is 86.9 cm³/mol. The van der Waals surface area contributed by atoms with Crippen molar-refractivity contribution in [3.63, 3.8) is 0 Å². The van der Waals surface area contributed by atoms with Crippen LogP contribution in [-0.4, -0.2) is 25.9 Å². The van der Waals surface area contributed by atoms with Gasteiger partial charge in [-0.05, 0) is 36.4 Å². The molecule has 2 aromatic carbocycles. The summed E-state index contributed by atoms with van der Waals surface area (Å²) in [6.07, 6.45) is -2.56. The highest BCUT2D eigenvalue weighted by Crippen LogP contribution is 2.39. The number of aliphatic imine (C=N–C) groups is 1. The van der Waals surface area contributed by atoms with E-state index in [0.29, 0.717) is 33.5 Å². The van der Waals surface area contributed by atoms with Crippen LogP contribution in [0.25, 0.3) is 0 Å². The third-order valence-corrected chi connectivity index (χ3v) is 3.79. The first-order valence-electron chi connectivity index (χ1n) is 6.88. The normalized spacial score (nSPS) is 15.2. The second kappa shape index (κ2) is 6.12. The van der Waals surface area contributed by atoms with Crippen LogP contribution in [0.5, 0.6) is 0 Å². The van der Waals surface area contributed by atoms with Crippen LogP contribution in [-0.2, 0) is 0 Å². The van der Waals surface area contributed by atoms with Gasteiger partial charge in [-0.15, -0.1) is 0 Å². The first kappa shape index (κ1) is 15.7. The van der Waals surface area contributed by atoms with Gasteiger partial charge in [-0.3, -0.25) is 4.99 Å². The lowest BCUT2D eigenvalue weighted by molar-refractivity contribution is 0.158. The van der Waals surface area contributed by atoms with Crippen LogP contribution in [0.4, 0.5) is 30.2 Å². The SMILES string of the molecule is CN=C1Nc2cc(F)ccc2N(CC(F)F)c2ccc(Cl)cc21. The van der Waals surface area contributed by atoms with Crippen LogP contribution >= 0.6 is 11.6 Å². The van der Waals surface area contributed by atoms with Crippen molar-refractivity contribution in [1.82, 2.24) is 0 Å². The van der Waals surface area contributed by atoms with Crippen molar-refractivity contribution in [1.29, 1.82) is 0 Å². The van der Waals surface area contributed by atoms with E-state index in [-0.39, 0.29) is 0 Å². The highest BCUT2D eigenvalue weighted by molar-refractivity contribution is 6.31. The van der Waals surface area contributed by atoms with Gasteiger partial charge in [0.15, 0.2) is 0 Å². The lowest BCUT2D eigenvalue weighted by Crippen LogP contribution is -2.24. The Morgan fingerprint density at radius 2 is 1.91 bits per heavy atom. The minimum absolute atomic E-state index is 0.374. The molecule has 1 aliphatic rings. The third kappa shape index (κ3) is 2.99. The number of halogens is 4. The molecule has 0 spiro atoms. The van der Waals surface area contributed by atoms with Crippen molar-refractivity contribution in [2.24, 2.45) is 4.99 Å². The number of benzene rings is 2. The number of rotatable bonds is 2. The van der Waals surface area contributed by atoms with Crippen LogP contribution in [0.15, 0.2) is 41.4 Å². The number of hydrogen-bond donors (Lipinski definition) is 1. The van der Waals surface area contributed by atoms with E-state index in [1.807, 2.05) is 0 Å². The zero-order valence-corrected chi connectivity index (χ0v) is 12.9. The van der Waals surface area contributed by atoms with Crippen LogP contribution in [0.3, 0.4) is 0 Å². The van der Waals surface area contributed by atoms with E-state index in [0.717, 1.165) is 0 Å². The van der Waals surface area contributed by atoms with E-state index < -0.39 is 18.8 Å². The molecule has 0 aliphatic carbocycles. The summed E-state index contributed by atoms with van der Waals surface area (Å²) in [6.45, 7) is -0.522. The minimum Gasteiger partial charge on any atom is -0.338 e. The summed E-state index contributed by atoms with van der Waals surface area (Å²) >= 11 is 6.03. The Morgan fingerprint density at radius 1 is 1.17 bits per heavy atom. The molecule has 3 nitrogen and oxygen atoms in total. The summed E-state index contributed by atoms with van der Waals surface area (Å²) in [5, 5.41) is 3.46. The number of nitrogens with zero attached hydrogens (tertiary/aromatic N) is 2. The summed E-state index contributed by atoms with van der Waals surface area (Å²) in [4.78, 5) is 5.58. The standard InChI is InChI=1S/C16H13ClF3N3/c1-21-16-11-6-9(17)2-4-13(11)23(8-15(19)20)14-5-3-10(18)7-12(14)22-16/h2-7,15H,8H2,1H3,(H,21,22). The molecule has 3 rings (SSSR count). The summed E-state index contributed by atoms with van der Waals surface area (Å²) in [5.74, 6) is -0.0289. The molecule has 1 heterocycles. The maximum absolute atomic E-state index is 13.6. The summed E-state index contributed by atoms with van der Waals surface area (Å²) in [7, 11) is 1.56. The summed E-state index contributed by atoms with van der Waals surface area (Å²) < 4.78 is 39.7. The van der Waals surface area contributed by atoms with Crippen LogP contribution in [0.2, 0.25) is 5.02 Å². The van der Waals surface area contributed by atoms with Crippen molar-refractivity contribution >= 4 is 34.5 Å². The highest BCUT2D eigenvalue weighted by Gasteiger charge is 2.26. The molecule has 23 heavy (non-hydrogen) atoms. The first-order valence-corrected chi connectivity index (χ1v) is 7.26. The Kier molecular flexibility index (Phi) is 4.17. The second-order valence-corrected chi connectivity index (χ2v) is 5.46. The monoisotopic (exact) mass is 339 g/mol. The molecule has 0 atom stereocenters. The van der Waals surface area contributed by atoms with Crippen molar-refractivity contribution in [2.45, 2.75) is 6.43 Å². The van der Waals surface area contributed by atoms with E-state index >= 15 is 0 Å². The molecule has 0 fully saturated rings. The van der Waals surface area contributed by atoms with Crippen LogP contribution in [0.1, 0.15) is 5.56 Å². The lowest BCUT2D eigenvalue weighted by atomic mass is 10.1. The van der Waals surface area contributed by atoms with Gasteiger partial charge in [-0.2, -0.15) is 0 Å². The van der Waals surface area contributed by atoms with Crippen molar-refractivity contribution < 1.29 is 13.2 Å². The maximum Gasteiger partial charge on any atom is 0.256 e. The number of amidine groups is 1. The van der Waals surface area contributed by atoms with Gasteiger partial charge < -0.3 is 10.2 Å². The van der Waals surface area contributed by atoms with E-state index in [1.165, 1.54) is 23.1 Å². The van der Waals surface area contributed by atoms with Gasteiger partial charge in [0.05, 0.1) is 23.6 Å². The minimum atomic E-state index is -2.56. The molecule has 0 bridgehead atoms. The number of nitrogens with one attached hydrogen (secondary N) is 1. The molecule has 2 aromatic rings. The molecule has 0 radical (unpaired) electrons.